The van der Waals surface area contributed by atoms with Gasteiger partial charge in [-0.05, 0) is 54.8 Å². The molecule has 1 amide bonds. The van der Waals surface area contributed by atoms with E-state index in [2.05, 4.69) is 53.7 Å². The second-order valence-corrected chi connectivity index (χ2v) is 9.06. The Hall–Kier alpha value is -3.19. The van der Waals surface area contributed by atoms with E-state index in [-0.39, 0.29) is 11.3 Å². The highest BCUT2D eigenvalue weighted by molar-refractivity contribution is 6.07. The summed E-state index contributed by atoms with van der Waals surface area (Å²) in [4.78, 5) is 15.3. The SMILES string of the molecule is COc1ccc(-n2nnc3c2C(=O)N(c2ccc(C4(CNC(C)C)CC4)cc2)CC3)cc1. The molecular weight excluding hydrogens is 402 g/mol. The molecule has 1 fully saturated rings. The van der Waals surface area contributed by atoms with Crippen LogP contribution in [0.5, 0.6) is 5.75 Å². The first-order valence-corrected chi connectivity index (χ1v) is 11.3. The van der Waals surface area contributed by atoms with E-state index in [4.69, 9.17) is 4.74 Å². The number of carbonyl (C=O) groups is 1. The smallest absolute Gasteiger partial charge is 0.278 e. The zero-order valence-corrected chi connectivity index (χ0v) is 18.8. The lowest BCUT2D eigenvalue weighted by Gasteiger charge is -2.27. The minimum absolute atomic E-state index is 0.0672. The summed E-state index contributed by atoms with van der Waals surface area (Å²) in [7, 11) is 1.63. The number of hydrogen-bond acceptors (Lipinski definition) is 5. The number of nitrogens with one attached hydrogen (secondary N) is 1. The molecule has 5 rings (SSSR count). The summed E-state index contributed by atoms with van der Waals surface area (Å²) in [6.45, 7) is 5.97. The molecular formula is C25H29N5O2. The van der Waals surface area contributed by atoms with Crippen molar-refractivity contribution in [3.05, 3.63) is 65.5 Å². The van der Waals surface area contributed by atoms with Gasteiger partial charge in [-0.25, -0.2) is 4.68 Å². The first-order chi connectivity index (χ1) is 15.5. The van der Waals surface area contributed by atoms with Crippen LogP contribution in [0.4, 0.5) is 5.69 Å². The Kier molecular flexibility index (Phi) is 5.21. The number of amides is 1. The Labute approximate surface area is 188 Å². The van der Waals surface area contributed by atoms with Crippen molar-refractivity contribution in [3.63, 3.8) is 0 Å². The van der Waals surface area contributed by atoms with E-state index < -0.39 is 0 Å². The molecule has 1 aromatic heterocycles. The maximum Gasteiger partial charge on any atom is 0.278 e. The number of fused-ring (bicyclic) bond motifs is 1. The number of ether oxygens (including phenoxy) is 1. The van der Waals surface area contributed by atoms with Crippen molar-refractivity contribution in [1.29, 1.82) is 0 Å². The molecule has 7 heteroatoms. The first kappa shape index (κ1) is 20.7. The maximum atomic E-state index is 13.5. The zero-order chi connectivity index (χ0) is 22.3. The number of methoxy groups -OCH3 is 1. The molecule has 1 N–H and O–H groups in total. The van der Waals surface area contributed by atoms with Gasteiger partial charge in [0.25, 0.3) is 5.91 Å². The van der Waals surface area contributed by atoms with E-state index in [1.165, 1.54) is 18.4 Å². The average Bonchev–Trinajstić information content (AvgIpc) is 3.49. The van der Waals surface area contributed by atoms with Crippen molar-refractivity contribution in [2.75, 3.05) is 25.1 Å². The largest absolute Gasteiger partial charge is 0.497 e. The van der Waals surface area contributed by atoms with Crippen LogP contribution >= 0.6 is 0 Å². The van der Waals surface area contributed by atoms with Gasteiger partial charge >= 0.3 is 0 Å². The van der Waals surface area contributed by atoms with Gasteiger partial charge in [-0.3, -0.25) is 4.79 Å². The lowest BCUT2D eigenvalue weighted by atomic mass is 9.95. The highest BCUT2D eigenvalue weighted by Crippen LogP contribution is 2.48. The van der Waals surface area contributed by atoms with Gasteiger partial charge in [-0.15, -0.1) is 5.10 Å². The number of benzene rings is 2. The third-order valence-electron chi connectivity index (χ3n) is 6.57. The molecule has 7 nitrogen and oxygen atoms in total. The van der Waals surface area contributed by atoms with Crippen molar-refractivity contribution in [3.8, 4) is 11.4 Å². The molecule has 0 atom stereocenters. The minimum Gasteiger partial charge on any atom is -0.497 e. The van der Waals surface area contributed by atoms with Gasteiger partial charge in [-0.2, -0.15) is 0 Å². The number of anilines is 1. The molecule has 0 spiro atoms. The molecule has 1 saturated carbocycles. The Morgan fingerprint density at radius 2 is 1.75 bits per heavy atom. The Balaban J connectivity index is 1.38. The summed E-state index contributed by atoms with van der Waals surface area (Å²) in [5.41, 5.74) is 4.58. The second kappa shape index (κ2) is 8.06. The number of nitrogens with zero attached hydrogens (tertiary/aromatic N) is 4. The number of rotatable bonds is 7. The lowest BCUT2D eigenvalue weighted by molar-refractivity contribution is 0.0973. The Morgan fingerprint density at radius 3 is 2.38 bits per heavy atom. The number of aromatic nitrogens is 3. The molecule has 0 saturated heterocycles. The van der Waals surface area contributed by atoms with Crippen molar-refractivity contribution < 1.29 is 9.53 Å². The molecule has 0 unspecified atom stereocenters. The van der Waals surface area contributed by atoms with Crippen LogP contribution in [0.15, 0.2) is 48.5 Å². The average molecular weight is 432 g/mol. The van der Waals surface area contributed by atoms with Crippen LogP contribution in [0, 0.1) is 0 Å². The predicted octanol–water partition coefficient (Wildman–Crippen LogP) is 3.51. The molecule has 1 aliphatic heterocycles. The molecule has 1 aliphatic carbocycles. The summed E-state index contributed by atoms with van der Waals surface area (Å²) in [5, 5.41) is 12.1. The van der Waals surface area contributed by atoms with E-state index in [9.17, 15) is 4.79 Å². The van der Waals surface area contributed by atoms with E-state index >= 15 is 0 Å². The summed E-state index contributed by atoms with van der Waals surface area (Å²) < 4.78 is 6.87. The van der Waals surface area contributed by atoms with Gasteiger partial charge in [-0.1, -0.05) is 31.2 Å². The van der Waals surface area contributed by atoms with Gasteiger partial charge in [0.05, 0.1) is 18.5 Å². The van der Waals surface area contributed by atoms with Crippen LogP contribution in [0.2, 0.25) is 0 Å². The van der Waals surface area contributed by atoms with E-state index in [0.29, 0.717) is 24.7 Å². The fourth-order valence-electron chi connectivity index (χ4n) is 4.41. The second-order valence-electron chi connectivity index (χ2n) is 9.06. The third kappa shape index (κ3) is 3.66. The molecule has 0 bridgehead atoms. The minimum atomic E-state index is -0.0672. The summed E-state index contributed by atoms with van der Waals surface area (Å²) >= 11 is 0. The lowest BCUT2D eigenvalue weighted by Crippen LogP contribution is -2.39. The predicted molar refractivity (Wildman–Crippen MR) is 124 cm³/mol. The van der Waals surface area contributed by atoms with Crippen molar-refractivity contribution in [2.45, 2.75) is 44.6 Å². The normalized spacial score (nSPS) is 16.9. The molecule has 2 heterocycles. The molecule has 0 radical (unpaired) electrons. The van der Waals surface area contributed by atoms with Gasteiger partial charge in [0.15, 0.2) is 5.69 Å². The van der Waals surface area contributed by atoms with Gasteiger partial charge in [0.1, 0.15) is 5.75 Å². The van der Waals surface area contributed by atoms with Crippen LogP contribution < -0.4 is 15.0 Å². The third-order valence-corrected chi connectivity index (χ3v) is 6.57. The molecule has 32 heavy (non-hydrogen) atoms. The van der Waals surface area contributed by atoms with Gasteiger partial charge in [0, 0.05) is 36.7 Å². The fraction of sp³-hybridized carbons (Fsp3) is 0.400. The quantitative estimate of drug-likeness (QED) is 0.620. The monoisotopic (exact) mass is 431 g/mol. The number of carbonyl (C=O) groups excluding carboxylic acids is 1. The van der Waals surface area contributed by atoms with Crippen molar-refractivity contribution in [2.24, 2.45) is 0 Å². The summed E-state index contributed by atoms with van der Waals surface area (Å²) in [6.07, 6.45) is 3.11. The number of hydrogen-bond donors (Lipinski definition) is 1. The highest BCUT2D eigenvalue weighted by atomic mass is 16.5. The van der Waals surface area contributed by atoms with Gasteiger partial charge < -0.3 is 15.0 Å². The van der Waals surface area contributed by atoms with Crippen LogP contribution in [0.1, 0.15) is 48.4 Å². The van der Waals surface area contributed by atoms with Crippen molar-refractivity contribution >= 4 is 11.6 Å². The molecule has 3 aromatic rings. The standard InChI is InChI=1S/C25H29N5O2/c1-17(2)26-16-25(13-14-25)18-4-6-19(7-5-18)29-15-12-22-23(24(29)31)30(28-27-22)20-8-10-21(32-3)11-9-20/h4-11,17,26H,12-16H2,1-3H3. The van der Waals surface area contributed by atoms with Crippen LogP contribution in [0.3, 0.4) is 0 Å². The molecule has 2 aromatic carbocycles. The van der Waals surface area contributed by atoms with Crippen LogP contribution in [-0.2, 0) is 11.8 Å². The highest BCUT2D eigenvalue weighted by Gasteiger charge is 2.44. The van der Waals surface area contributed by atoms with Gasteiger partial charge in [0.2, 0.25) is 0 Å². The topological polar surface area (TPSA) is 72.3 Å². The first-order valence-electron chi connectivity index (χ1n) is 11.3. The Morgan fingerprint density at radius 1 is 1.06 bits per heavy atom. The van der Waals surface area contributed by atoms with E-state index in [1.54, 1.807) is 11.8 Å². The summed E-state index contributed by atoms with van der Waals surface area (Å²) in [6, 6.07) is 16.5. The van der Waals surface area contributed by atoms with Crippen molar-refractivity contribution in [1.82, 2.24) is 20.3 Å². The Bertz CT molecular complexity index is 1110. The fourth-order valence-corrected chi connectivity index (χ4v) is 4.41. The maximum absolute atomic E-state index is 13.5. The summed E-state index contributed by atoms with van der Waals surface area (Å²) in [5.74, 6) is 0.690. The van der Waals surface area contributed by atoms with E-state index in [1.807, 2.05) is 29.2 Å². The molecule has 2 aliphatic rings. The zero-order valence-electron chi connectivity index (χ0n) is 18.8. The van der Waals surface area contributed by atoms with Crippen LogP contribution in [-0.4, -0.2) is 47.1 Å². The van der Waals surface area contributed by atoms with Crippen LogP contribution in [0.25, 0.3) is 5.69 Å². The molecule has 166 valence electrons. The van der Waals surface area contributed by atoms with E-state index in [0.717, 1.165) is 29.4 Å².